The van der Waals surface area contributed by atoms with Gasteiger partial charge in [-0.3, -0.25) is 4.79 Å². The van der Waals surface area contributed by atoms with Crippen molar-refractivity contribution in [2.24, 2.45) is 0 Å². The number of hydrogen-bond acceptors (Lipinski definition) is 3. The number of aromatic nitrogens is 2. The van der Waals surface area contributed by atoms with Crippen LogP contribution in [0.4, 0.5) is 4.39 Å². The van der Waals surface area contributed by atoms with Gasteiger partial charge in [0.25, 0.3) is 5.91 Å². The molecule has 0 radical (unpaired) electrons. The van der Waals surface area contributed by atoms with Crippen molar-refractivity contribution in [1.29, 1.82) is 0 Å². The molecule has 0 atom stereocenters. The van der Waals surface area contributed by atoms with Crippen molar-refractivity contribution >= 4 is 5.91 Å². The van der Waals surface area contributed by atoms with Gasteiger partial charge in [0.15, 0.2) is 0 Å². The first kappa shape index (κ1) is 19.4. The number of ether oxygens (including phenoxy) is 1. The van der Waals surface area contributed by atoms with E-state index in [0.29, 0.717) is 12.1 Å². The van der Waals surface area contributed by atoms with E-state index in [0.717, 1.165) is 34.0 Å². The molecule has 0 fully saturated rings. The Morgan fingerprint density at radius 2 is 1.63 bits per heavy atom. The third-order valence-corrected chi connectivity index (χ3v) is 4.76. The Labute approximate surface area is 173 Å². The fourth-order valence-electron chi connectivity index (χ4n) is 3.05. The summed E-state index contributed by atoms with van der Waals surface area (Å²) in [4.78, 5) is 19.9. The molecule has 0 aliphatic rings. The van der Waals surface area contributed by atoms with E-state index < -0.39 is 0 Å². The van der Waals surface area contributed by atoms with Gasteiger partial charge in [-0.2, -0.15) is 0 Å². The second-order valence-electron chi connectivity index (χ2n) is 6.76. The van der Waals surface area contributed by atoms with Gasteiger partial charge < -0.3 is 15.0 Å². The number of benzene rings is 3. The Morgan fingerprint density at radius 3 is 2.30 bits per heavy atom. The van der Waals surface area contributed by atoms with E-state index in [-0.39, 0.29) is 11.7 Å². The first-order chi connectivity index (χ1) is 14.6. The second-order valence-corrected chi connectivity index (χ2v) is 6.76. The molecule has 0 saturated heterocycles. The van der Waals surface area contributed by atoms with Crippen molar-refractivity contribution in [3.8, 4) is 28.4 Å². The molecule has 1 heterocycles. The highest BCUT2D eigenvalue weighted by Gasteiger charge is 2.08. The number of nitrogens with one attached hydrogen (secondary N) is 2. The quantitative estimate of drug-likeness (QED) is 0.487. The average Bonchev–Trinajstić information content (AvgIpc) is 3.29. The van der Waals surface area contributed by atoms with E-state index in [1.54, 1.807) is 13.3 Å². The molecule has 4 rings (SSSR count). The number of carbonyl (C=O) groups is 1. The zero-order chi connectivity index (χ0) is 20.9. The maximum absolute atomic E-state index is 13.0. The summed E-state index contributed by atoms with van der Waals surface area (Å²) in [5.41, 5.74) is 4.27. The number of halogens is 1. The Balaban J connectivity index is 1.40. The van der Waals surface area contributed by atoms with E-state index in [9.17, 15) is 9.18 Å². The minimum atomic E-state index is -0.366. The molecule has 0 unspecified atom stereocenters. The highest BCUT2D eigenvalue weighted by molar-refractivity contribution is 5.94. The molecule has 1 aromatic heterocycles. The number of amides is 1. The number of aromatic amines is 1. The number of imidazole rings is 1. The van der Waals surface area contributed by atoms with E-state index in [1.165, 1.54) is 24.3 Å². The summed E-state index contributed by atoms with van der Waals surface area (Å²) in [5.74, 6) is 0.966. The number of methoxy groups -OCH3 is 1. The molecule has 0 bridgehead atoms. The molecule has 1 amide bonds. The van der Waals surface area contributed by atoms with Crippen LogP contribution in [0.25, 0.3) is 22.6 Å². The van der Waals surface area contributed by atoms with Crippen molar-refractivity contribution in [1.82, 2.24) is 15.3 Å². The normalized spacial score (nSPS) is 10.6. The van der Waals surface area contributed by atoms with Gasteiger partial charge in [-0.15, -0.1) is 0 Å². The summed E-state index contributed by atoms with van der Waals surface area (Å²) < 4.78 is 18.2. The number of rotatable bonds is 6. The van der Waals surface area contributed by atoms with E-state index in [4.69, 9.17) is 4.74 Å². The predicted octanol–water partition coefficient (Wildman–Crippen LogP) is 4.82. The molecule has 6 heteroatoms. The minimum Gasteiger partial charge on any atom is -0.497 e. The minimum absolute atomic E-state index is 0.241. The van der Waals surface area contributed by atoms with Crippen LogP contribution >= 0.6 is 0 Å². The molecule has 30 heavy (non-hydrogen) atoms. The summed E-state index contributed by atoms with van der Waals surface area (Å²) in [6.07, 6.45) is 1.80. The highest BCUT2D eigenvalue weighted by Crippen LogP contribution is 2.24. The number of H-pyrrole nitrogens is 1. The van der Waals surface area contributed by atoms with Crippen molar-refractivity contribution in [3.05, 3.63) is 95.9 Å². The summed E-state index contributed by atoms with van der Waals surface area (Å²) in [7, 11) is 1.64. The average molecular weight is 401 g/mol. The smallest absolute Gasteiger partial charge is 0.251 e. The largest absolute Gasteiger partial charge is 0.497 e. The van der Waals surface area contributed by atoms with Crippen molar-refractivity contribution in [2.45, 2.75) is 6.54 Å². The van der Waals surface area contributed by atoms with Gasteiger partial charge in [0.1, 0.15) is 17.4 Å². The molecule has 0 aliphatic heterocycles. The van der Waals surface area contributed by atoms with Gasteiger partial charge >= 0.3 is 0 Å². The predicted molar refractivity (Wildman–Crippen MR) is 114 cm³/mol. The SMILES string of the molecule is COc1ccc(-c2cnc(-c3ccc(CNC(=O)c4ccc(F)cc4)cc3)[nH]2)cc1. The number of carbonyl (C=O) groups excluding carboxylic acids is 1. The molecule has 3 aromatic carbocycles. The van der Waals surface area contributed by atoms with Crippen LogP contribution in [-0.4, -0.2) is 23.0 Å². The fourth-order valence-corrected chi connectivity index (χ4v) is 3.05. The van der Waals surface area contributed by atoms with Crippen LogP contribution in [0.15, 0.2) is 79.0 Å². The van der Waals surface area contributed by atoms with Crippen molar-refractivity contribution in [3.63, 3.8) is 0 Å². The highest BCUT2D eigenvalue weighted by atomic mass is 19.1. The van der Waals surface area contributed by atoms with Gasteiger partial charge in [0.2, 0.25) is 0 Å². The van der Waals surface area contributed by atoms with Gasteiger partial charge in [-0.1, -0.05) is 24.3 Å². The van der Waals surface area contributed by atoms with Crippen LogP contribution in [0.5, 0.6) is 5.75 Å². The number of hydrogen-bond donors (Lipinski definition) is 2. The maximum atomic E-state index is 13.0. The zero-order valence-corrected chi connectivity index (χ0v) is 16.4. The lowest BCUT2D eigenvalue weighted by molar-refractivity contribution is 0.0951. The fraction of sp³-hybridized carbons (Fsp3) is 0.0833. The summed E-state index contributed by atoms with van der Waals surface area (Å²) in [6.45, 7) is 0.381. The van der Waals surface area contributed by atoms with Crippen LogP contribution in [0, 0.1) is 5.82 Å². The third kappa shape index (κ3) is 4.38. The molecular weight excluding hydrogens is 381 g/mol. The van der Waals surface area contributed by atoms with Crippen LogP contribution in [0.1, 0.15) is 15.9 Å². The van der Waals surface area contributed by atoms with Crippen LogP contribution in [0.2, 0.25) is 0 Å². The summed E-state index contributed by atoms with van der Waals surface area (Å²) in [6, 6.07) is 21.0. The van der Waals surface area contributed by atoms with Crippen molar-refractivity contribution < 1.29 is 13.9 Å². The van der Waals surface area contributed by atoms with Gasteiger partial charge in [0, 0.05) is 17.7 Å². The molecule has 0 spiro atoms. The van der Waals surface area contributed by atoms with E-state index >= 15 is 0 Å². The van der Waals surface area contributed by atoms with Gasteiger partial charge in [0.05, 0.1) is 19.0 Å². The van der Waals surface area contributed by atoms with E-state index in [2.05, 4.69) is 15.3 Å². The Morgan fingerprint density at radius 1 is 0.967 bits per heavy atom. The molecule has 4 aromatic rings. The Bertz CT molecular complexity index is 1130. The van der Waals surface area contributed by atoms with E-state index in [1.807, 2.05) is 48.5 Å². The second kappa shape index (κ2) is 8.61. The first-order valence-electron chi connectivity index (χ1n) is 9.45. The lowest BCUT2D eigenvalue weighted by Crippen LogP contribution is -2.22. The zero-order valence-electron chi connectivity index (χ0n) is 16.4. The lowest BCUT2D eigenvalue weighted by Gasteiger charge is -2.06. The Kier molecular flexibility index (Phi) is 5.57. The molecule has 0 saturated carbocycles. The summed E-state index contributed by atoms with van der Waals surface area (Å²) >= 11 is 0. The summed E-state index contributed by atoms with van der Waals surface area (Å²) in [5, 5.41) is 2.83. The van der Waals surface area contributed by atoms with Crippen LogP contribution in [0.3, 0.4) is 0 Å². The topological polar surface area (TPSA) is 67.0 Å². The first-order valence-corrected chi connectivity index (χ1v) is 9.45. The lowest BCUT2D eigenvalue weighted by atomic mass is 10.1. The third-order valence-electron chi connectivity index (χ3n) is 4.76. The van der Waals surface area contributed by atoms with Gasteiger partial charge in [-0.25, -0.2) is 9.37 Å². The van der Waals surface area contributed by atoms with Gasteiger partial charge in [-0.05, 0) is 59.7 Å². The number of nitrogens with zero attached hydrogens (tertiary/aromatic N) is 1. The molecule has 0 aliphatic carbocycles. The molecule has 2 N–H and O–H groups in total. The standard InChI is InChI=1S/C24H20FN3O2/c1-30-21-12-8-17(9-13-21)22-15-26-23(28-22)18-4-2-16(3-5-18)14-27-24(29)19-6-10-20(25)11-7-19/h2-13,15H,14H2,1H3,(H,26,28)(H,27,29). The molecule has 150 valence electrons. The monoisotopic (exact) mass is 401 g/mol. The van der Waals surface area contributed by atoms with Crippen LogP contribution in [-0.2, 0) is 6.54 Å². The maximum Gasteiger partial charge on any atom is 0.251 e. The molecular formula is C24H20FN3O2. The van der Waals surface area contributed by atoms with Crippen LogP contribution < -0.4 is 10.1 Å². The molecule has 5 nitrogen and oxygen atoms in total. The van der Waals surface area contributed by atoms with Crippen molar-refractivity contribution in [2.75, 3.05) is 7.11 Å². The Hall–Kier alpha value is -3.93.